The maximum Gasteiger partial charge on any atom is 0.264 e. The SMILES string of the molecule is Cc1ccc(S(=O)(=O)N(CC(=O)N2CCc3ccccc3C2)c2ccc(F)cc2)cc1. The summed E-state index contributed by atoms with van der Waals surface area (Å²) in [5.41, 5.74) is 3.44. The maximum absolute atomic E-state index is 13.5. The molecule has 4 rings (SSSR count). The molecule has 0 saturated heterocycles. The molecule has 1 aliphatic heterocycles. The zero-order valence-corrected chi connectivity index (χ0v) is 18.0. The molecule has 0 fully saturated rings. The van der Waals surface area contributed by atoms with Crippen LogP contribution in [0.5, 0.6) is 0 Å². The highest BCUT2D eigenvalue weighted by Crippen LogP contribution is 2.25. The minimum absolute atomic E-state index is 0.0826. The van der Waals surface area contributed by atoms with Gasteiger partial charge in [-0.1, -0.05) is 42.0 Å². The number of hydrogen-bond acceptors (Lipinski definition) is 3. The molecule has 5 nitrogen and oxygen atoms in total. The number of anilines is 1. The lowest BCUT2D eigenvalue weighted by Crippen LogP contribution is -2.44. The van der Waals surface area contributed by atoms with Crippen molar-refractivity contribution in [3.05, 3.63) is 95.3 Å². The van der Waals surface area contributed by atoms with Crippen molar-refractivity contribution in [1.82, 2.24) is 4.90 Å². The number of benzene rings is 3. The number of aryl methyl sites for hydroxylation is 1. The second kappa shape index (κ2) is 8.51. The summed E-state index contributed by atoms with van der Waals surface area (Å²) in [4.78, 5) is 14.9. The Balaban J connectivity index is 1.64. The van der Waals surface area contributed by atoms with E-state index in [9.17, 15) is 17.6 Å². The number of fused-ring (bicyclic) bond motifs is 1. The molecule has 7 heteroatoms. The molecule has 160 valence electrons. The van der Waals surface area contributed by atoms with Crippen LogP contribution in [-0.2, 0) is 27.8 Å². The smallest absolute Gasteiger partial charge is 0.264 e. The number of sulfonamides is 1. The Hall–Kier alpha value is -3.19. The van der Waals surface area contributed by atoms with Crippen molar-refractivity contribution in [2.75, 3.05) is 17.4 Å². The third-order valence-electron chi connectivity index (χ3n) is 5.49. The third kappa shape index (κ3) is 4.46. The summed E-state index contributed by atoms with van der Waals surface area (Å²) >= 11 is 0. The lowest BCUT2D eigenvalue weighted by atomic mass is 10.00. The molecule has 3 aromatic carbocycles. The fourth-order valence-electron chi connectivity index (χ4n) is 3.69. The van der Waals surface area contributed by atoms with E-state index in [0.717, 1.165) is 21.9 Å². The van der Waals surface area contributed by atoms with E-state index in [4.69, 9.17) is 0 Å². The Morgan fingerprint density at radius 3 is 2.29 bits per heavy atom. The molecular formula is C24H23FN2O3S. The zero-order valence-electron chi connectivity index (χ0n) is 17.2. The van der Waals surface area contributed by atoms with Crippen LogP contribution in [0.1, 0.15) is 16.7 Å². The first-order valence-corrected chi connectivity index (χ1v) is 11.5. The number of hydrogen-bond donors (Lipinski definition) is 0. The number of rotatable bonds is 5. The van der Waals surface area contributed by atoms with Crippen molar-refractivity contribution < 1.29 is 17.6 Å². The Morgan fingerprint density at radius 2 is 1.61 bits per heavy atom. The average Bonchev–Trinajstić information content (AvgIpc) is 2.78. The van der Waals surface area contributed by atoms with Crippen LogP contribution >= 0.6 is 0 Å². The molecule has 0 radical (unpaired) electrons. The van der Waals surface area contributed by atoms with Crippen molar-refractivity contribution in [1.29, 1.82) is 0 Å². The molecule has 0 atom stereocenters. The van der Waals surface area contributed by atoms with Crippen LogP contribution in [0, 0.1) is 12.7 Å². The molecule has 31 heavy (non-hydrogen) atoms. The van der Waals surface area contributed by atoms with Gasteiger partial charge in [-0.05, 0) is 60.9 Å². The number of carbonyl (C=O) groups is 1. The lowest BCUT2D eigenvalue weighted by Gasteiger charge is -2.31. The van der Waals surface area contributed by atoms with Gasteiger partial charge in [-0.25, -0.2) is 12.8 Å². The Kier molecular flexibility index (Phi) is 5.78. The van der Waals surface area contributed by atoms with Gasteiger partial charge in [0.05, 0.1) is 10.6 Å². The van der Waals surface area contributed by atoms with Gasteiger partial charge in [0.25, 0.3) is 10.0 Å². The van der Waals surface area contributed by atoms with E-state index in [1.54, 1.807) is 17.0 Å². The Bertz CT molecular complexity index is 1190. The molecule has 0 unspecified atom stereocenters. The monoisotopic (exact) mass is 438 g/mol. The van der Waals surface area contributed by atoms with E-state index >= 15 is 0 Å². The molecule has 0 N–H and O–H groups in total. The van der Waals surface area contributed by atoms with Gasteiger partial charge < -0.3 is 4.90 Å². The molecule has 0 bridgehead atoms. The highest BCUT2D eigenvalue weighted by atomic mass is 32.2. The molecule has 1 amide bonds. The van der Waals surface area contributed by atoms with E-state index in [0.29, 0.717) is 13.1 Å². The van der Waals surface area contributed by atoms with Gasteiger partial charge >= 0.3 is 0 Å². The minimum Gasteiger partial charge on any atom is -0.336 e. The van der Waals surface area contributed by atoms with Gasteiger partial charge in [0.2, 0.25) is 5.91 Å². The van der Waals surface area contributed by atoms with Crippen LogP contribution in [0.15, 0.2) is 77.7 Å². The second-order valence-electron chi connectivity index (χ2n) is 7.64. The first-order valence-electron chi connectivity index (χ1n) is 10.0. The zero-order chi connectivity index (χ0) is 22.0. The van der Waals surface area contributed by atoms with Gasteiger partial charge in [-0.15, -0.1) is 0 Å². The third-order valence-corrected chi connectivity index (χ3v) is 7.27. The maximum atomic E-state index is 13.5. The van der Waals surface area contributed by atoms with E-state index in [-0.39, 0.29) is 23.0 Å². The quantitative estimate of drug-likeness (QED) is 0.607. The number of halogens is 1. The molecule has 3 aromatic rings. The summed E-state index contributed by atoms with van der Waals surface area (Å²) in [7, 11) is -4.01. The van der Waals surface area contributed by atoms with E-state index in [1.807, 2.05) is 31.2 Å². The topological polar surface area (TPSA) is 57.7 Å². The first-order chi connectivity index (χ1) is 14.8. The highest BCUT2D eigenvalue weighted by molar-refractivity contribution is 7.92. The van der Waals surface area contributed by atoms with Crippen molar-refractivity contribution in [2.45, 2.75) is 24.8 Å². The normalized spacial score (nSPS) is 13.5. The van der Waals surface area contributed by atoms with E-state index in [2.05, 4.69) is 0 Å². The molecule has 1 aliphatic rings. The molecule has 0 aliphatic carbocycles. The molecular weight excluding hydrogens is 415 g/mol. The minimum atomic E-state index is -4.01. The van der Waals surface area contributed by atoms with Gasteiger partial charge in [0, 0.05) is 13.1 Å². The van der Waals surface area contributed by atoms with Crippen LogP contribution in [0.4, 0.5) is 10.1 Å². The summed E-state index contributed by atoms with van der Waals surface area (Å²) in [6.45, 7) is 2.48. The van der Waals surface area contributed by atoms with E-state index in [1.165, 1.54) is 42.0 Å². The van der Waals surface area contributed by atoms with Gasteiger partial charge in [-0.3, -0.25) is 9.10 Å². The summed E-state index contributed by atoms with van der Waals surface area (Å²) in [5.74, 6) is -0.773. The molecule has 0 saturated carbocycles. The van der Waals surface area contributed by atoms with Crippen LogP contribution in [0.25, 0.3) is 0 Å². The standard InChI is InChI=1S/C24H23FN2O3S/c1-18-6-12-23(13-7-18)31(29,30)27(22-10-8-21(25)9-11-22)17-24(28)26-15-14-19-4-2-3-5-20(19)16-26/h2-13H,14-17H2,1H3. The summed E-state index contributed by atoms with van der Waals surface area (Å²) in [6.07, 6.45) is 0.725. The highest BCUT2D eigenvalue weighted by Gasteiger charge is 2.30. The number of nitrogens with zero attached hydrogens (tertiary/aromatic N) is 2. The lowest BCUT2D eigenvalue weighted by molar-refractivity contribution is -0.130. The van der Waals surface area contributed by atoms with Crippen molar-refractivity contribution in [3.8, 4) is 0 Å². The van der Waals surface area contributed by atoms with Crippen molar-refractivity contribution in [3.63, 3.8) is 0 Å². The predicted octanol–water partition coefficient (Wildman–Crippen LogP) is 3.91. The largest absolute Gasteiger partial charge is 0.336 e. The van der Waals surface area contributed by atoms with E-state index < -0.39 is 15.8 Å². The summed E-state index contributed by atoms with van der Waals surface area (Å²) in [6, 6.07) is 19.5. The molecule has 0 spiro atoms. The fourth-order valence-corrected chi connectivity index (χ4v) is 5.11. The predicted molar refractivity (Wildman–Crippen MR) is 118 cm³/mol. The Labute approximate surface area is 181 Å². The van der Waals surface area contributed by atoms with Gasteiger partial charge in [0.15, 0.2) is 0 Å². The number of carbonyl (C=O) groups excluding carboxylic acids is 1. The molecule has 1 heterocycles. The fraction of sp³-hybridized carbons (Fsp3) is 0.208. The Morgan fingerprint density at radius 1 is 0.968 bits per heavy atom. The van der Waals surface area contributed by atoms with Crippen LogP contribution in [0.2, 0.25) is 0 Å². The number of amides is 1. The van der Waals surface area contributed by atoms with Crippen LogP contribution < -0.4 is 4.31 Å². The average molecular weight is 439 g/mol. The summed E-state index contributed by atoms with van der Waals surface area (Å²) < 4.78 is 41.3. The van der Waals surface area contributed by atoms with Crippen molar-refractivity contribution in [2.24, 2.45) is 0 Å². The van der Waals surface area contributed by atoms with Crippen molar-refractivity contribution >= 4 is 21.6 Å². The van der Waals surface area contributed by atoms with Gasteiger partial charge in [-0.2, -0.15) is 0 Å². The summed E-state index contributed by atoms with van der Waals surface area (Å²) in [5, 5.41) is 0. The second-order valence-corrected chi connectivity index (χ2v) is 9.50. The first kappa shape index (κ1) is 21.1. The molecule has 0 aromatic heterocycles. The van der Waals surface area contributed by atoms with Crippen LogP contribution in [-0.4, -0.2) is 32.3 Å². The van der Waals surface area contributed by atoms with Gasteiger partial charge in [0.1, 0.15) is 12.4 Å². The van der Waals surface area contributed by atoms with Crippen LogP contribution in [0.3, 0.4) is 0 Å².